The van der Waals surface area contributed by atoms with E-state index in [2.05, 4.69) is 4.98 Å². The number of likely N-dealkylation sites (tertiary alicyclic amines) is 1. The standard InChI is InChI=1S/C23H28ClN3O3/c1-13-14(2)25-15(3)18(13)21(28)19-20(16-8-6-9-17(24)12-16)27(23(30)22(19)29)11-7-10-26(4)5/h6,8-9,12,20,25,28H,7,10-11H2,1-5H3/b21-19+. The molecule has 2 N–H and O–H groups in total. The summed E-state index contributed by atoms with van der Waals surface area (Å²) in [5, 5.41) is 11.7. The van der Waals surface area contributed by atoms with Crippen molar-refractivity contribution in [1.29, 1.82) is 0 Å². The Morgan fingerprint density at radius 3 is 2.47 bits per heavy atom. The second-order valence-corrected chi connectivity index (χ2v) is 8.52. The molecule has 0 aliphatic carbocycles. The van der Waals surface area contributed by atoms with Gasteiger partial charge in [0.2, 0.25) is 0 Å². The molecule has 3 rings (SSSR count). The molecule has 1 fully saturated rings. The van der Waals surface area contributed by atoms with Crippen LogP contribution in [0.25, 0.3) is 5.76 Å². The third kappa shape index (κ3) is 4.02. The van der Waals surface area contributed by atoms with Crippen LogP contribution in [-0.4, -0.2) is 58.8 Å². The van der Waals surface area contributed by atoms with E-state index in [1.165, 1.54) is 0 Å². The van der Waals surface area contributed by atoms with Gasteiger partial charge in [-0.1, -0.05) is 23.7 Å². The Balaban J connectivity index is 2.16. The van der Waals surface area contributed by atoms with Gasteiger partial charge in [0.15, 0.2) is 0 Å². The third-order valence-electron chi connectivity index (χ3n) is 5.63. The number of hydrogen-bond acceptors (Lipinski definition) is 4. The first-order chi connectivity index (χ1) is 14.1. The number of H-pyrrole nitrogens is 1. The number of aliphatic hydroxyl groups is 1. The van der Waals surface area contributed by atoms with Gasteiger partial charge < -0.3 is 19.9 Å². The van der Waals surface area contributed by atoms with Crippen LogP contribution in [0.5, 0.6) is 0 Å². The SMILES string of the molecule is Cc1[nH]c(C)c(/C(O)=C2\C(=O)C(=O)N(CCCN(C)C)C2c2cccc(Cl)c2)c1C. The van der Waals surface area contributed by atoms with E-state index >= 15 is 0 Å². The average Bonchev–Trinajstić information content (AvgIpc) is 3.07. The normalized spacial score (nSPS) is 18.6. The zero-order chi connectivity index (χ0) is 22.2. The summed E-state index contributed by atoms with van der Waals surface area (Å²) < 4.78 is 0. The number of carbonyl (C=O) groups excluding carboxylic acids is 2. The first kappa shape index (κ1) is 22.1. The Morgan fingerprint density at radius 1 is 1.20 bits per heavy atom. The lowest BCUT2D eigenvalue weighted by atomic mass is 9.94. The summed E-state index contributed by atoms with van der Waals surface area (Å²) in [5.74, 6) is -1.41. The number of nitrogens with zero attached hydrogens (tertiary/aromatic N) is 2. The number of ketones is 1. The fraction of sp³-hybridized carbons (Fsp3) is 0.391. The number of nitrogens with one attached hydrogen (secondary N) is 1. The van der Waals surface area contributed by atoms with Crippen molar-refractivity contribution in [2.24, 2.45) is 0 Å². The number of benzene rings is 1. The fourth-order valence-corrected chi connectivity index (χ4v) is 4.29. The molecule has 1 aromatic heterocycles. The Bertz CT molecular complexity index is 1020. The fourth-order valence-electron chi connectivity index (χ4n) is 4.09. The Hall–Kier alpha value is -2.57. The molecule has 0 bridgehead atoms. The molecule has 2 aromatic rings. The second-order valence-electron chi connectivity index (χ2n) is 8.08. The van der Waals surface area contributed by atoms with Crippen LogP contribution in [0.3, 0.4) is 0 Å². The third-order valence-corrected chi connectivity index (χ3v) is 5.87. The van der Waals surface area contributed by atoms with Crippen molar-refractivity contribution in [3.63, 3.8) is 0 Å². The molecule has 0 radical (unpaired) electrons. The molecule has 1 unspecified atom stereocenters. The second kappa shape index (κ2) is 8.66. The van der Waals surface area contributed by atoms with Crippen molar-refractivity contribution in [3.8, 4) is 0 Å². The molecule has 1 atom stereocenters. The maximum Gasteiger partial charge on any atom is 0.295 e. The van der Waals surface area contributed by atoms with Crippen LogP contribution in [0.4, 0.5) is 0 Å². The zero-order valence-corrected chi connectivity index (χ0v) is 18.8. The number of rotatable bonds is 6. The van der Waals surface area contributed by atoms with Crippen LogP contribution >= 0.6 is 11.6 Å². The van der Waals surface area contributed by atoms with Gasteiger partial charge in [0.1, 0.15) is 5.76 Å². The minimum atomic E-state index is -0.681. The van der Waals surface area contributed by atoms with Gasteiger partial charge in [0.05, 0.1) is 11.6 Å². The predicted octanol–water partition coefficient (Wildman–Crippen LogP) is 3.97. The summed E-state index contributed by atoms with van der Waals surface area (Å²) in [6.45, 7) is 6.82. The topological polar surface area (TPSA) is 76.6 Å². The zero-order valence-electron chi connectivity index (χ0n) is 18.0. The molecule has 0 spiro atoms. The van der Waals surface area contributed by atoms with Gasteiger partial charge in [-0.3, -0.25) is 9.59 Å². The van der Waals surface area contributed by atoms with Crippen molar-refractivity contribution in [3.05, 3.63) is 62.9 Å². The highest BCUT2D eigenvalue weighted by Gasteiger charge is 2.46. The number of aromatic amines is 1. The van der Waals surface area contributed by atoms with Crippen molar-refractivity contribution in [1.82, 2.24) is 14.8 Å². The van der Waals surface area contributed by atoms with E-state index in [1.54, 1.807) is 23.1 Å². The largest absolute Gasteiger partial charge is 0.507 e. The molecular formula is C23H28ClN3O3. The van der Waals surface area contributed by atoms with E-state index < -0.39 is 17.7 Å². The number of aromatic nitrogens is 1. The number of halogens is 1. The van der Waals surface area contributed by atoms with Gasteiger partial charge in [-0.25, -0.2) is 0 Å². The predicted molar refractivity (Wildman–Crippen MR) is 119 cm³/mol. The molecule has 6 nitrogen and oxygen atoms in total. The van der Waals surface area contributed by atoms with Crippen molar-refractivity contribution < 1.29 is 14.7 Å². The Kier molecular flexibility index (Phi) is 6.38. The van der Waals surface area contributed by atoms with E-state index in [4.69, 9.17) is 11.6 Å². The van der Waals surface area contributed by atoms with Gasteiger partial charge in [-0.15, -0.1) is 0 Å². The van der Waals surface area contributed by atoms with E-state index in [-0.39, 0.29) is 11.3 Å². The van der Waals surface area contributed by atoms with Crippen LogP contribution in [0.15, 0.2) is 29.8 Å². The van der Waals surface area contributed by atoms with E-state index in [9.17, 15) is 14.7 Å². The van der Waals surface area contributed by atoms with Crippen LogP contribution < -0.4 is 0 Å². The number of hydrogen-bond donors (Lipinski definition) is 2. The molecule has 30 heavy (non-hydrogen) atoms. The van der Waals surface area contributed by atoms with Crippen molar-refractivity contribution in [2.45, 2.75) is 33.2 Å². The molecular weight excluding hydrogens is 402 g/mol. The summed E-state index contributed by atoms with van der Waals surface area (Å²) >= 11 is 6.21. The molecule has 2 heterocycles. The highest BCUT2D eigenvalue weighted by molar-refractivity contribution is 6.46. The van der Waals surface area contributed by atoms with E-state index in [1.807, 2.05) is 45.8 Å². The first-order valence-electron chi connectivity index (χ1n) is 9.98. The quantitative estimate of drug-likeness (QED) is 0.414. The molecule has 1 amide bonds. The maximum atomic E-state index is 13.1. The molecule has 1 aliphatic rings. The minimum Gasteiger partial charge on any atom is -0.507 e. The highest BCUT2D eigenvalue weighted by atomic mass is 35.5. The highest BCUT2D eigenvalue weighted by Crippen LogP contribution is 2.41. The number of carbonyl (C=O) groups is 2. The first-order valence-corrected chi connectivity index (χ1v) is 10.4. The molecule has 7 heteroatoms. The summed E-state index contributed by atoms with van der Waals surface area (Å²) in [5.41, 5.74) is 3.91. The van der Waals surface area contributed by atoms with Crippen molar-refractivity contribution >= 4 is 29.1 Å². The molecule has 0 saturated carbocycles. The molecule has 1 aliphatic heterocycles. The minimum absolute atomic E-state index is 0.109. The monoisotopic (exact) mass is 429 g/mol. The molecule has 1 aromatic carbocycles. The van der Waals surface area contributed by atoms with Gasteiger partial charge in [0.25, 0.3) is 11.7 Å². The van der Waals surface area contributed by atoms with Crippen LogP contribution in [0.2, 0.25) is 5.02 Å². The lowest BCUT2D eigenvalue weighted by Gasteiger charge is -2.26. The number of aryl methyl sites for hydroxylation is 2. The van der Waals surface area contributed by atoms with Crippen molar-refractivity contribution in [2.75, 3.05) is 27.2 Å². The van der Waals surface area contributed by atoms with Gasteiger partial charge in [-0.2, -0.15) is 0 Å². The van der Waals surface area contributed by atoms with Crippen LogP contribution in [0.1, 0.15) is 40.5 Å². The average molecular weight is 430 g/mol. The van der Waals surface area contributed by atoms with Crippen LogP contribution in [-0.2, 0) is 9.59 Å². The van der Waals surface area contributed by atoms with Gasteiger partial charge in [0, 0.05) is 28.5 Å². The smallest absolute Gasteiger partial charge is 0.295 e. The summed E-state index contributed by atoms with van der Waals surface area (Å²) in [6, 6.07) is 6.42. The summed E-state index contributed by atoms with van der Waals surface area (Å²) in [4.78, 5) is 32.8. The lowest BCUT2D eigenvalue weighted by molar-refractivity contribution is -0.139. The number of amides is 1. The Labute approximate surface area is 182 Å². The Morgan fingerprint density at radius 2 is 1.90 bits per heavy atom. The van der Waals surface area contributed by atoms with E-state index in [0.29, 0.717) is 29.1 Å². The van der Waals surface area contributed by atoms with Gasteiger partial charge in [-0.05, 0) is 71.1 Å². The van der Waals surface area contributed by atoms with Crippen LogP contribution in [0, 0.1) is 20.8 Å². The number of Topliss-reactive ketones (excluding diaryl/α,β-unsaturated/α-hetero) is 1. The van der Waals surface area contributed by atoms with E-state index in [0.717, 1.165) is 23.5 Å². The maximum absolute atomic E-state index is 13.1. The van der Waals surface area contributed by atoms with Gasteiger partial charge >= 0.3 is 0 Å². The summed E-state index contributed by atoms with van der Waals surface area (Å²) in [7, 11) is 3.92. The number of aliphatic hydroxyl groups excluding tert-OH is 1. The summed E-state index contributed by atoms with van der Waals surface area (Å²) in [6.07, 6.45) is 0.707. The molecule has 160 valence electrons. The lowest BCUT2D eigenvalue weighted by Crippen LogP contribution is -2.32. The molecule has 1 saturated heterocycles.